The lowest BCUT2D eigenvalue weighted by atomic mass is 10.2. The van der Waals surface area contributed by atoms with Gasteiger partial charge in [-0.25, -0.2) is 0 Å². The van der Waals surface area contributed by atoms with Crippen LogP contribution in [-0.4, -0.2) is 102 Å². The molecular formula is C44H48N2O9S2. The monoisotopic (exact) mass is 812 g/mol. The average molecular weight is 813 g/mol. The molecule has 11 nitrogen and oxygen atoms in total. The van der Waals surface area contributed by atoms with E-state index in [1.807, 2.05) is 109 Å². The summed E-state index contributed by atoms with van der Waals surface area (Å²) in [5, 5.41) is 2.78. The summed E-state index contributed by atoms with van der Waals surface area (Å²) < 4.78 is 31.7. The minimum atomic E-state index is -0.303. The Hall–Kier alpha value is -4.92. The van der Waals surface area contributed by atoms with Gasteiger partial charge in [0.05, 0.1) is 39.3 Å². The molecule has 0 aliphatic carbocycles. The van der Waals surface area contributed by atoms with Gasteiger partial charge in [-0.1, -0.05) is 24.3 Å². The molecule has 0 bridgehead atoms. The van der Waals surface area contributed by atoms with Gasteiger partial charge in [0.15, 0.2) is 10.9 Å². The standard InChI is InChI=1S/C44H48N2O9S2/c1-45(19-7-23-52-31-13-15-39-35(29-31)43(49)33-9-3-5-11-37(33)56-39)21-17-41(47)54-27-25-51-26-28-55-42(48)18-22-46(2)20-8-24-53-32-14-16-40-36(30-32)44(50)34-10-4-6-12-38(34)57-40/h3-6,9-16,29-30H,7-8,17-28H2,1-2H3. The first kappa shape index (κ1) is 41.7. The lowest BCUT2D eigenvalue weighted by Gasteiger charge is -2.16. The summed E-state index contributed by atoms with van der Waals surface area (Å²) in [5.41, 5.74) is 0.0373. The molecule has 0 saturated heterocycles. The maximum Gasteiger partial charge on any atom is 0.307 e. The van der Waals surface area contributed by atoms with E-state index in [9.17, 15) is 19.2 Å². The first-order valence-corrected chi connectivity index (χ1v) is 20.8. The minimum absolute atomic E-state index is 0.0186. The SMILES string of the molecule is CN(CCCOc1ccc2sc3ccccc3c(=O)c2c1)CCC(=O)OCCOCCOC(=O)CCN(C)CCCOc1ccc2sc3ccccc3c(=O)c2c1. The summed E-state index contributed by atoms with van der Waals surface area (Å²) in [6.45, 7) is 4.26. The van der Waals surface area contributed by atoms with Crippen LogP contribution >= 0.6 is 22.7 Å². The molecule has 0 spiro atoms. The molecule has 57 heavy (non-hydrogen) atoms. The van der Waals surface area contributed by atoms with Crippen LogP contribution in [0.15, 0.2) is 94.5 Å². The third kappa shape index (κ3) is 12.0. The minimum Gasteiger partial charge on any atom is -0.494 e. The Labute approximate surface area is 339 Å². The van der Waals surface area contributed by atoms with Crippen molar-refractivity contribution in [1.29, 1.82) is 0 Å². The molecule has 0 radical (unpaired) electrons. The van der Waals surface area contributed by atoms with Crippen molar-refractivity contribution in [2.45, 2.75) is 25.7 Å². The molecule has 6 aromatic rings. The fraction of sp³-hybridized carbons (Fsp3) is 0.364. The Kier molecular flexibility index (Phi) is 15.4. The smallest absolute Gasteiger partial charge is 0.307 e. The van der Waals surface area contributed by atoms with Crippen molar-refractivity contribution in [3.8, 4) is 11.5 Å². The zero-order valence-corrected chi connectivity index (χ0v) is 34.0. The molecule has 0 unspecified atom stereocenters. The largest absolute Gasteiger partial charge is 0.494 e. The number of nitrogens with zero attached hydrogens (tertiary/aromatic N) is 2. The van der Waals surface area contributed by atoms with E-state index in [0.717, 1.165) is 55.5 Å². The van der Waals surface area contributed by atoms with Crippen molar-refractivity contribution in [3.63, 3.8) is 0 Å². The fourth-order valence-electron chi connectivity index (χ4n) is 6.26. The highest BCUT2D eigenvalue weighted by atomic mass is 32.1. The summed E-state index contributed by atoms with van der Waals surface area (Å²) >= 11 is 3.19. The topological polar surface area (TPSA) is 121 Å². The van der Waals surface area contributed by atoms with Crippen LogP contribution in [0.5, 0.6) is 11.5 Å². The Balaban J connectivity index is 0.744. The van der Waals surface area contributed by atoms with Crippen molar-refractivity contribution < 1.29 is 33.3 Å². The fourth-order valence-corrected chi connectivity index (χ4v) is 8.36. The highest BCUT2D eigenvalue weighted by Crippen LogP contribution is 2.28. The third-order valence-electron chi connectivity index (χ3n) is 9.38. The van der Waals surface area contributed by atoms with Gasteiger partial charge in [0, 0.05) is 66.5 Å². The Morgan fingerprint density at radius 1 is 0.509 bits per heavy atom. The van der Waals surface area contributed by atoms with E-state index in [4.69, 9.17) is 23.7 Å². The highest BCUT2D eigenvalue weighted by Gasteiger charge is 2.11. The van der Waals surface area contributed by atoms with Gasteiger partial charge < -0.3 is 33.5 Å². The molecule has 0 fully saturated rings. The number of benzene rings is 4. The molecule has 2 aromatic heterocycles. The van der Waals surface area contributed by atoms with Crippen molar-refractivity contribution in [3.05, 3.63) is 105 Å². The van der Waals surface area contributed by atoms with E-state index in [-0.39, 0.29) is 62.1 Å². The molecule has 300 valence electrons. The van der Waals surface area contributed by atoms with Gasteiger partial charge >= 0.3 is 11.9 Å². The number of rotatable bonds is 22. The van der Waals surface area contributed by atoms with Gasteiger partial charge in [-0.3, -0.25) is 19.2 Å². The first-order chi connectivity index (χ1) is 27.7. The zero-order chi connectivity index (χ0) is 40.0. The van der Waals surface area contributed by atoms with Crippen LogP contribution in [0.25, 0.3) is 40.3 Å². The molecule has 0 aliphatic rings. The van der Waals surface area contributed by atoms with Crippen molar-refractivity contribution in [2.75, 3.05) is 79.9 Å². The molecule has 0 amide bonds. The number of esters is 2. The lowest BCUT2D eigenvalue weighted by Crippen LogP contribution is -2.25. The summed E-state index contributed by atoms with van der Waals surface area (Å²) in [7, 11) is 3.89. The van der Waals surface area contributed by atoms with E-state index < -0.39 is 0 Å². The number of hydrogen-bond donors (Lipinski definition) is 0. The van der Waals surface area contributed by atoms with E-state index in [2.05, 4.69) is 0 Å². The summed E-state index contributed by atoms with van der Waals surface area (Å²) in [6.07, 6.45) is 2.04. The van der Waals surface area contributed by atoms with Crippen LogP contribution in [0.2, 0.25) is 0 Å². The molecule has 0 aliphatic heterocycles. The molecule has 0 atom stereocenters. The molecule has 13 heteroatoms. The van der Waals surface area contributed by atoms with Crippen LogP contribution < -0.4 is 20.3 Å². The van der Waals surface area contributed by atoms with Crippen molar-refractivity contribution in [1.82, 2.24) is 9.80 Å². The maximum absolute atomic E-state index is 12.9. The summed E-state index contributed by atoms with van der Waals surface area (Å²) in [4.78, 5) is 54.3. The second kappa shape index (κ2) is 21.0. The van der Waals surface area contributed by atoms with E-state index >= 15 is 0 Å². The van der Waals surface area contributed by atoms with Crippen LogP contribution in [0, 0.1) is 0 Å². The van der Waals surface area contributed by atoms with E-state index in [1.165, 1.54) is 0 Å². The van der Waals surface area contributed by atoms with Crippen LogP contribution in [-0.2, 0) is 23.8 Å². The number of hydrogen-bond acceptors (Lipinski definition) is 13. The van der Waals surface area contributed by atoms with Gasteiger partial charge in [0.2, 0.25) is 0 Å². The molecular weight excluding hydrogens is 765 g/mol. The molecule has 6 rings (SSSR count). The predicted octanol–water partition coefficient (Wildman–Crippen LogP) is 7.13. The number of carbonyl (C=O) groups is 2. The number of carbonyl (C=O) groups excluding carboxylic acids is 2. The highest BCUT2D eigenvalue weighted by molar-refractivity contribution is 7.24. The molecule has 2 heterocycles. The number of fused-ring (bicyclic) bond motifs is 4. The van der Waals surface area contributed by atoms with Crippen molar-refractivity contribution in [2.24, 2.45) is 0 Å². The lowest BCUT2D eigenvalue weighted by molar-refractivity contribution is -0.147. The van der Waals surface area contributed by atoms with E-state index in [0.29, 0.717) is 48.6 Å². The third-order valence-corrected chi connectivity index (χ3v) is 11.7. The van der Waals surface area contributed by atoms with E-state index in [1.54, 1.807) is 22.7 Å². The first-order valence-electron chi connectivity index (χ1n) is 19.2. The van der Waals surface area contributed by atoms with Gasteiger partial charge in [0.1, 0.15) is 24.7 Å². The van der Waals surface area contributed by atoms with Gasteiger partial charge in [0.25, 0.3) is 0 Å². The Morgan fingerprint density at radius 3 is 1.39 bits per heavy atom. The number of ether oxygens (including phenoxy) is 5. The second-order valence-electron chi connectivity index (χ2n) is 13.7. The van der Waals surface area contributed by atoms with Crippen molar-refractivity contribution >= 4 is 75.0 Å². The van der Waals surface area contributed by atoms with Gasteiger partial charge in [-0.2, -0.15) is 0 Å². The van der Waals surface area contributed by atoms with Crippen LogP contribution in [0.1, 0.15) is 25.7 Å². The Morgan fingerprint density at radius 2 is 0.930 bits per heavy atom. The summed E-state index contributed by atoms with van der Waals surface area (Å²) in [6, 6.07) is 26.6. The Bertz CT molecular complexity index is 2250. The van der Waals surface area contributed by atoms with Gasteiger partial charge in [-0.05, 0) is 87.6 Å². The molecule has 0 saturated carbocycles. The summed E-state index contributed by atoms with van der Waals surface area (Å²) in [5.74, 6) is 0.730. The average Bonchev–Trinajstić information content (AvgIpc) is 3.22. The maximum atomic E-state index is 12.9. The van der Waals surface area contributed by atoms with Crippen LogP contribution in [0.4, 0.5) is 0 Å². The predicted molar refractivity (Wildman–Crippen MR) is 228 cm³/mol. The molecule has 4 aromatic carbocycles. The van der Waals surface area contributed by atoms with Crippen LogP contribution in [0.3, 0.4) is 0 Å². The second-order valence-corrected chi connectivity index (χ2v) is 15.9. The zero-order valence-electron chi connectivity index (χ0n) is 32.4. The normalized spacial score (nSPS) is 11.6. The molecule has 0 N–H and O–H groups in total. The van der Waals surface area contributed by atoms with Gasteiger partial charge in [-0.15, -0.1) is 22.7 Å². The quantitative estimate of drug-likeness (QED) is 0.0396.